The van der Waals surface area contributed by atoms with Crippen molar-refractivity contribution in [3.8, 4) is 22.8 Å². The molecule has 1 aliphatic rings. The van der Waals surface area contributed by atoms with E-state index in [1.165, 1.54) is 11.1 Å². The van der Waals surface area contributed by atoms with Crippen LogP contribution in [0, 0.1) is 0 Å². The number of rotatable bonds is 6. The number of hydrogen-bond acceptors (Lipinski definition) is 7. The van der Waals surface area contributed by atoms with Crippen molar-refractivity contribution in [2.45, 2.75) is 45.5 Å². The van der Waals surface area contributed by atoms with Gasteiger partial charge in [0.25, 0.3) is 5.89 Å². The van der Waals surface area contributed by atoms with Gasteiger partial charge in [0.2, 0.25) is 5.82 Å². The highest BCUT2D eigenvalue weighted by Gasteiger charge is 2.38. The summed E-state index contributed by atoms with van der Waals surface area (Å²) in [6.45, 7) is 6.31. The minimum Gasteiger partial charge on any atom is -0.481 e. The number of alkyl halides is 3. The van der Waals surface area contributed by atoms with Crippen molar-refractivity contribution in [2.24, 2.45) is 0 Å². The summed E-state index contributed by atoms with van der Waals surface area (Å²) in [5, 5.41) is 26.0. The SMILES string of the molecule is CC(C)n1cc2cc(-c3nc(-c4cccc5c4CCN(CCC(=O)O)C5)no3)ccc2n1.O=C(O)C(F)(F)F. The van der Waals surface area contributed by atoms with Gasteiger partial charge in [0.05, 0.1) is 11.9 Å². The van der Waals surface area contributed by atoms with Gasteiger partial charge in [-0.2, -0.15) is 23.3 Å². The van der Waals surface area contributed by atoms with Gasteiger partial charge in [-0.3, -0.25) is 14.4 Å². The third-order valence-electron chi connectivity index (χ3n) is 6.19. The number of carbonyl (C=O) groups is 2. The third kappa shape index (κ3) is 6.60. The van der Waals surface area contributed by atoms with E-state index in [2.05, 4.69) is 40.1 Å². The molecule has 1 aliphatic heterocycles. The number of aliphatic carboxylic acids is 2. The van der Waals surface area contributed by atoms with Gasteiger partial charge in [0, 0.05) is 48.4 Å². The van der Waals surface area contributed by atoms with Gasteiger partial charge < -0.3 is 14.7 Å². The lowest BCUT2D eigenvalue weighted by Crippen LogP contribution is -2.32. The van der Waals surface area contributed by atoms with Crippen molar-refractivity contribution in [1.29, 1.82) is 0 Å². The van der Waals surface area contributed by atoms with E-state index in [4.69, 9.17) is 19.5 Å². The molecule has 0 saturated carbocycles. The van der Waals surface area contributed by atoms with Crippen molar-refractivity contribution in [1.82, 2.24) is 24.8 Å². The molecular weight excluding hydrogens is 519 g/mol. The van der Waals surface area contributed by atoms with Gasteiger partial charge in [-0.25, -0.2) is 4.79 Å². The van der Waals surface area contributed by atoms with E-state index in [1.54, 1.807) is 0 Å². The molecule has 13 heteroatoms. The predicted octanol–water partition coefficient (Wildman–Crippen LogP) is 4.80. The van der Waals surface area contributed by atoms with Crippen LogP contribution in [0.15, 0.2) is 47.1 Å². The average molecular weight is 546 g/mol. The number of carboxylic acid groups (broad SMARTS) is 2. The van der Waals surface area contributed by atoms with E-state index >= 15 is 0 Å². The molecule has 0 fully saturated rings. The van der Waals surface area contributed by atoms with Gasteiger partial charge in [-0.15, -0.1) is 0 Å². The average Bonchev–Trinajstić information content (AvgIpc) is 3.54. The maximum absolute atomic E-state index is 10.9. The normalized spacial score (nSPS) is 13.7. The molecule has 0 atom stereocenters. The molecule has 0 spiro atoms. The summed E-state index contributed by atoms with van der Waals surface area (Å²) in [6.07, 6.45) is -2.07. The number of halogens is 3. The Hall–Kier alpha value is -4.26. The highest BCUT2D eigenvalue weighted by atomic mass is 19.4. The molecule has 2 N–H and O–H groups in total. The molecule has 0 unspecified atom stereocenters. The number of hydrogen-bond donors (Lipinski definition) is 2. The second-order valence-corrected chi connectivity index (χ2v) is 9.32. The lowest BCUT2D eigenvalue weighted by molar-refractivity contribution is -0.192. The summed E-state index contributed by atoms with van der Waals surface area (Å²) in [5.74, 6) is -2.46. The Balaban J connectivity index is 0.000000448. The largest absolute Gasteiger partial charge is 0.490 e. The van der Waals surface area contributed by atoms with Crippen LogP contribution in [-0.4, -0.2) is 66.2 Å². The van der Waals surface area contributed by atoms with Crippen LogP contribution in [0.2, 0.25) is 0 Å². The first kappa shape index (κ1) is 27.8. The fraction of sp³-hybridized carbons (Fsp3) is 0.346. The molecule has 2 aromatic heterocycles. The zero-order chi connectivity index (χ0) is 28.3. The van der Waals surface area contributed by atoms with Crippen molar-refractivity contribution in [3.63, 3.8) is 0 Å². The molecule has 3 heterocycles. The topological polar surface area (TPSA) is 135 Å². The summed E-state index contributed by atoms with van der Waals surface area (Å²) in [6, 6.07) is 12.4. The minimum absolute atomic E-state index is 0.156. The van der Waals surface area contributed by atoms with E-state index in [-0.39, 0.29) is 6.42 Å². The molecule has 0 radical (unpaired) electrons. The molecule has 0 bridgehead atoms. The van der Waals surface area contributed by atoms with Gasteiger partial charge >= 0.3 is 18.1 Å². The van der Waals surface area contributed by atoms with Gasteiger partial charge in [-0.1, -0.05) is 23.4 Å². The van der Waals surface area contributed by atoms with Gasteiger partial charge in [-0.05, 0) is 49.6 Å². The highest BCUT2D eigenvalue weighted by molar-refractivity contribution is 5.83. The fourth-order valence-electron chi connectivity index (χ4n) is 4.21. The van der Waals surface area contributed by atoms with Crippen LogP contribution in [0.5, 0.6) is 0 Å². The first-order valence-electron chi connectivity index (χ1n) is 12.1. The second kappa shape index (κ2) is 11.2. The van der Waals surface area contributed by atoms with Crippen molar-refractivity contribution in [2.75, 3.05) is 13.1 Å². The monoisotopic (exact) mass is 545 g/mol. The summed E-state index contributed by atoms with van der Waals surface area (Å²) in [7, 11) is 0. The Morgan fingerprint density at radius 1 is 1.15 bits per heavy atom. The van der Waals surface area contributed by atoms with Crippen LogP contribution in [0.4, 0.5) is 13.2 Å². The Labute approximate surface area is 220 Å². The molecule has 39 heavy (non-hydrogen) atoms. The molecular formula is C26H26F3N5O5. The van der Waals surface area contributed by atoms with Crippen molar-refractivity contribution < 1.29 is 37.5 Å². The molecule has 4 aromatic rings. The molecule has 0 aliphatic carbocycles. The fourth-order valence-corrected chi connectivity index (χ4v) is 4.21. The Kier molecular flexibility index (Phi) is 8.00. The number of fused-ring (bicyclic) bond motifs is 2. The second-order valence-electron chi connectivity index (χ2n) is 9.32. The van der Waals surface area contributed by atoms with E-state index in [1.807, 2.05) is 41.2 Å². The van der Waals surface area contributed by atoms with Gasteiger partial charge in [0.15, 0.2) is 0 Å². The summed E-state index contributed by atoms with van der Waals surface area (Å²) >= 11 is 0. The molecule has 0 saturated heterocycles. The molecule has 2 aromatic carbocycles. The van der Waals surface area contributed by atoms with Crippen molar-refractivity contribution in [3.05, 3.63) is 53.7 Å². The summed E-state index contributed by atoms with van der Waals surface area (Å²) in [4.78, 5) is 26.7. The molecule has 5 rings (SSSR count). The quantitative estimate of drug-likeness (QED) is 0.350. The van der Waals surface area contributed by atoms with E-state index in [0.717, 1.165) is 41.5 Å². The van der Waals surface area contributed by atoms with Crippen LogP contribution >= 0.6 is 0 Å². The van der Waals surface area contributed by atoms with E-state index in [0.29, 0.717) is 24.3 Å². The Morgan fingerprint density at radius 3 is 2.56 bits per heavy atom. The zero-order valence-electron chi connectivity index (χ0n) is 21.1. The third-order valence-corrected chi connectivity index (χ3v) is 6.19. The smallest absolute Gasteiger partial charge is 0.481 e. The molecule has 10 nitrogen and oxygen atoms in total. The van der Waals surface area contributed by atoms with Crippen molar-refractivity contribution >= 4 is 22.8 Å². The number of aromatic nitrogens is 4. The Morgan fingerprint density at radius 2 is 1.90 bits per heavy atom. The van der Waals surface area contributed by atoms with Crippen LogP contribution < -0.4 is 0 Å². The summed E-state index contributed by atoms with van der Waals surface area (Å²) < 4.78 is 39.3. The van der Waals surface area contributed by atoms with Crippen LogP contribution in [0.1, 0.15) is 37.4 Å². The first-order chi connectivity index (χ1) is 18.4. The number of nitrogens with zero attached hydrogens (tertiary/aromatic N) is 5. The standard InChI is InChI=1S/C24H25N5O3.C2HF3O2/c1-15(2)29-14-18-12-16(6-7-21(18)26-29)24-25-23(27-32-24)20-5-3-4-17-13-28(10-8-19(17)20)11-9-22(30)31;3-2(4,5)1(6)7/h3-7,12,14-15H,8-11,13H2,1-2H3,(H,30,31);(H,6,7). The highest BCUT2D eigenvalue weighted by Crippen LogP contribution is 2.31. The molecule has 206 valence electrons. The maximum Gasteiger partial charge on any atom is 0.490 e. The van der Waals surface area contributed by atoms with E-state index < -0.39 is 18.1 Å². The minimum atomic E-state index is -5.08. The lowest BCUT2D eigenvalue weighted by Gasteiger charge is -2.29. The number of carboxylic acids is 2. The first-order valence-corrected chi connectivity index (χ1v) is 12.1. The predicted molar refractivity (Wildman–Crippen MR) is 134 cm³/mol. The van der Waals surface area contributed by atoms with Crippen LogP contribution in [-0.2, 0) is 22.6 Å². The lowest BCUT2D eigenvalue weighted by atomic mass is 9.94. The Bertz CT molecular complexity index is 1490. The zero-order valence-corrected chi connectivity index (χ0v) is 21.1. The number of benzene rings is 2. The van der Waals surface area contributed by atoms with Crippen LogP contribution in [0.3, 0.4) is 0 Å². The summed E-state index contributed by atoms with van der Waals surface area (Å²) in [5.41, 5.74) is 5.17. The van der Waals surface area contributed by atoms with E-state index in [9.17, 15) is 18.0 Å². The van der Waals surface area contributed by atoms with Gasteiger partial charge in [0.1, 0.15) is 0 Å². The molecule has 0 amide bonds. The maximum atomic E-state index is 10.9. The van der Waals surface area contributed by atoms with Crippen LogP contribution in [0.25, 0.3) is 33.7 Å².